The third-order valence-electron chi connectivity index (χ3n) is 2.96. The normalized spacial score (nSPS) is 12.3. The van der Waals surface area contributed by atoms with Crippen molar-refractivity contribution >= 4 is 23.7 Å². The second-order valence-corrected chi connectivity index (χ2v) is 7.59. The topological polar surface area (TPSA) is 106 Å². The largest absolute Gasteiger partial charge is 0.481 e. The Bertz CT molecular complexity index is 789. The van der Waals surface area contributed by atoms with E-state index in [2.05, 4.69) is 20.8 Å². The second kappa shape index (κ2) is 8.85. The van der Waals surface area contributed by atoms with Crippen LogP contribution in [0.1, 0.15) is 39.7 Å². The highest BCUT2D eigenvalue weighted by atomic mass is 32.2. The first kappa shape index (κ1) is 20.7. The molecule has 2 rings (SSSR count). The number of thioether (sulfide) groups is 1. The molecule has 0 bridgehead atoms. The number of carbonyl (C=O) groups is 2. The molecule has 0 saturated heterocycles. The van der Waals surface area contributed by atoms with Crippen LogP contribution in [0.2, 0.25) is 0 Å². The van der Waals surface area contributed by atoms with Gasteiger partial charge in [0.15, 0.2) is 6.10 Å². The Morgan fingerprint density at radius 1 is 1.26 bits per heavy atom. The molecular weight excluding hydrogens is 375 g/mol. The van der Waals surface area contributed by atoms with Gasteiger partial charge in [-0.15, -0.1) is 10.2 Å². The van der Waals surface area contributed by atoms with Gasteiger partial charge in [0.2, 0.25) is 5.91 Å². The smallest absolute Gasteiger partial charge is 0.321 e. The first-order valence-corrected chi connectivity index (χ1v) is 9.11. The fourth-order valence-corrected chi connectivity index (χ4v) is 2.44. The maximum Gasteiger partial charge on any atom is 0.321 e. The van der Waals surface area contributed by atoms with Crippen LogP contribution in [0.3, 0.4) is 0 Å². The van der Waals surface area contributed by atoms with E-state index >= 15 is 0 Å². The summed E-state index contributed by atoms with van der Waals surface area (Å²) in [6.45, 7) is 7.12. The molecule has 27 heavy (non-hydrogen) atoms. The number of benzene rings is 1. The number of hydrogen-bond acceptors (Lipinski definition) is 7. The molecule has 146 valence electrons. The zero-order valence-electron chi connectivity index (χ0n) is 15.4. The minimum atomic E-state index is -0.569. The summed E-state index contributed by atoms with van der Waals surface area (Å²) in [6, 6.07) is 4.98. The Labute approximate surface area is 160 Å². The molecule has 0 aliphatic carbocycles. The van der Waals surface area contributed by atoms with E-state index in [0.29, 0.717) is 5.75 Å². The summed E-state index contributed by atoms with van der Waals surface area (Å²) >= 11 is 0.998. The molecule has 0 spiro atoms. The predicted octanol–water partition coefficient (Wildman–Crippen LogP) is 3.07. The number of aromatic nitrogens is 2. The summed E-state index contributed by atoms with van der Waals surface area (Å²) in [5.74, 6) is -0.238. The van der Waals surface area contributed by atoms with Crippen LogP contribution in [0, 0.1) is 5.82 Å². The molecule has 1 heterocycles. The van der Waals surface area contributed by atoms with E-state index in [-0.39, 0.29) is 22.7 Å². The predicted molar refractivity (Wildman–Crippen MR) is 96.9 cm³/mol. The Morgan fingerprint density at radius 2 is 1.93 bits per heavy atom. The lowest BCUT2D eigenvalue weighted by atomic mass is 10.1. The zero-order chi connectivity index (χ0) is 20.0. The molecule has 3 amide bonds. The Morgan fingerprint density at radius 3 is 2.56 bits per heavy atom. The van der Waals surface area contributed by atoms with E-state index in [1.165, 1.54) is 24.3 Å². The van der Waals surface area contributed by atoms with E-state index in [1.54, 1.807) is 27.7 Å². The minimum Gasteiger partial charge on any atom is -0.481 e. The van der Waals surface area contributed by atoms with Crippen molar-refractivity contribution in [1.82, 2.24) is 20.8 Å². The van der Waals surface area contributed by atoms with E-state index in [9.17, 15) is 14.0 Å². The highest BCUT2D eigenvalue weighted by Gasteiger charge is 2.19. The molecule has 0 unspecified atom stereocenters. The van der Waals surface area contributed by atoms with Gasteiger partial charge in [-0.2, -0.15) is 0 Å². The third-order valence-corrected chi connectivity index (χ3v) is 3.78. The first-order valence-electron chi connectivity index (χ1n) is 8.13. The van der Waals surface area contributed by atoms with Crippen LogP contribution in [0.4, 0.5) is 9.18 Å². The number of rotatable bonds is 6. The average molecular weight is 396 g/mol. The van der Waals surface area contributed by atoms with Gasteiger partial charge in [0.25, 0.3) is 11.1 Å². The van der Waals surface area contributed by atoms with Gasteiger partial charge in [-0.1, -0.05) is 11.8 Å². The van der Waals surface area contributed by atoms with E-state index in [4.69, 9.17) is 9.15 Å². The van der Waals surface area contributed by atoms with E-state index in [1.807, 2.05) is 0 Å². The molecule has 0 fully saturated rings. The fourth-order valence-electron chi connectivity index (χ4n) is 1.87. The fraction of sp³-hybridized carbons (Fsp3) is 0.412. The highest BCUT2D eigenvalue weighted by Crippen LogP contribution is 2.24. The number of imide groups is 1. The van der Waals surface area contributed by atoms with Crippen LogP contribution in [0.25, 0.3) is 0 Å². The number of urea groups is 1. The molecular formula is C17H21FN4O4S. The second-order valence-electron chi connectivity index (χ2n) is 6.66. The SMILES string of the molecule is C[C@H](Oc1ccc(F)cc1)c1nnc(SCC(=O)NC(=O)NC(C)(C)C)o1. The molecule has 2 N–H and O–H groups in total. The van der Waals surface area contributed by atoms with Crippen LogP contribution >= 0.6 is 11.8 Å². The van der Waals surface area contributed by atoms with Crippen LogP contribution in [-0.2, 0) is 4.79 Å². The molecule has 0 aliphatic rings. The lowest BCUT2D eigenvalue weighted by molar-refractivity contribution is -0.117. The number of ether oxygens (including phenoxy) is 1. The molecule has 0 radical (unpaired) electrons. The maximum atomic E-state index is 12.9. The Hall–Kier alpha value is -2.62. The maximum absolute atomic E-state index is 12.9. The number of nitrogens with one attached hydrogen (secondary N) is 2. The minimum absolute atomic E-state index is 0.0631. The van der Waals surface area contributed by atoms with Crippen molar-refractivity contribution in [1.29, 1.82) is 0 Å². The van der Waals surface area contributed by atoms with Crippen molar-refractivity contribution in [3.05, 3.63) is 36.0 Å². The lowest BCUT2D eigenvalue weighted by Gasteiger charge is -2.20. The summed E-state index contributed by atoms with van der Waals surface area (Å²) in [6.07, 6.45) is -0.552. The molecule has 1 aromatic heterocycles. The van der Waals surface area contributed by atoms with Crippen molar-refractivity contribution in [3.63, 3.8) is 0 Å². The molecule has 0 aliphatic heterocycles. The monoisotopic (exact) mass is 396 g/mol. The third kappa shape index (κ3) is 7.26. The summed E-state index contributed by atoms with van der Waals surface area (Å²) in [7, 11) is 0. The molecule has 1 aromatic carbocycles. The summed E-state index contributed by atoms with van der Waals surface area (Å²) in [5.41, 5.74) is -0.445. The lowest BCUT2D eigenvalue weighted by Crippen LogP contribution is -2.48. The number of halogens is 1. The number of hydrogen-bond donors (Lipinski definition) is 2. The van der Waals surface area contributed by atoms with Crippen molar-refractivity contribution in [2.24, 2.45) is 0 Å². The standard InChI is InChI=1S/C17H21FN4O4S/c1-10(25-12-7-5-11(18)6-8-12)14-21-22-16(26-14)27-9-13(23)19-15(24)20-17(2,3)4/h5-8,10H,9H2,1-4H3,(H2,19,20,23,24)/t10-/m0/s1. The van der Waals surface area contributed by atoms with E-state index in [0.717, 1.165) is 11.8 Å². The average Bonchev–Trinajstić information content (AvgIpc) is 3.02. The van der Waals surface area contributed by atoms with Gasteiger partial charge >= 0.3 is 6.03 Å². The number of carbonyl (C=O) groups excluding carboxylic acids is 2. The molecule has 1 atom stereocenters. The zero-order valence-corrected chi connectivity index (χ0v) is 16.2. The van der Waals surface area contributed by atoms with Crippen LogP contribution in [0.15, 0.2) is 33.9 Å². The Balaban J connectivity index is 1.82. The van der Waals surface area contributed by atoms with Gasteiger partial charge in [0, 0.05) is 5.54 Å². The van der Waals surface area contributed by atoms with Gasteiger partial charge in [0.1, 0.15) is 11.6 Å². The van der Waals surface area contributed by atoms with Gasteiger partial charge in [-0.25, -0.2) is 9.18 Å². The molecule has 2 aromatic rings. The number of amides is 3. The summed E-state index contributed by atoms with van der Waals surface area (Å²) in [5, 5.41) is 12.7. The van der Waals surface area contributed by atoms with Gasteiger partial charge in [-0.05, 0) is 52.0 Å². The molecule has 8 nitrogen and oxygen atoms in total. The van der Waals surface area contributed by atoms with E-state index < -0.39 is 23.6 Å². The van der Waals surface area contributed by atoms with Crippen molar-refractivity contribution in [3.8, 4) is 5.75 Å². The van der Waals surface area contributed by atoms with Gasteiger partial charge < -0.3 is 14.5 Å². The summed E-state index contributed by atoms with van der Waals surface area (Å²) < 4.78 is 23.9. The quantitative estimate of drug-likeness (QED) is 0.723. The van der Waals surface area contributed by atoms with Gasteiger partial charge in [0.05, 0.1) is 5.75 Å². The van der Waals surface area contributed by atoms with Crippen LogP contribution in [-0.4, -0.2) is 33.4 Å². The van der Waals surface area contributed by atoms with Gasteiger partial charge in [-0.3, -0.25) is 10.1 Å². The highest BCUT2D eigenvalue weighted by molar-refractivity contribution is 7.99. The molecule has 0 saturated carbocycles. The number of nitrogens with zero attached hydrogens (tertiary/aromatic N) is 2. The van der Waals surface area contributed by atoms with Crippen molar-refractivity contribution in [2.45, 2.75) is 44.6 Å². The Kier molecular flexibility index (Phi) is 6.78. The van der Waals surface area contributed by atoms with Crippen molar-refractivity contribution in [2.75, 3.05) is 5.75 Å². The first-order chi connectivity index (χ1) is 12.6. The van der Waals surface area contributed by atoms with Crippen LogP contribution in [0.5, 0.6) is 5.75 Å². The van der Waals surface area contributed by atoms with Crippen molar-refractivity contribution < 1.29 is 23.1 Å². The summed E-state index contributed by atoms with van der Waals surface area (Å²) in [4.78, 5) is 23.4. The molecule has 10 heteroatoms. The van der Waals surface area contributed by atoms with Crippen LogP contribution < -0.4 is 15.4 Å².